The van der Waals surface area contributed by atoms with Crippen molar-refractivity contribution in [2.45, 2.75) is 12.5 Å². The normalized spacial score (nSPS) is 19.6. The van der Waals surface area contributed by atoms with Crippen molar-refractivity contribution in [1.29, 1.82) is 0 Å². The second kappa shape index (κ2) is 5.33. The Labute approximate surface area is 115 Å². The van der Waals surface area contributed by atoms with Crippen molar-refractivity contribution in [2.24, 2.45) is 5.73 Å². The second-order valence-corrected chi connectivity index (χ2v) is 5.38. The number of benzene rings is 1. The van der Waals surface area contributed by atoms with Gasteiger partial charge in [-0.1, -0.05) is 18.3 Å². The van der Waals surface area contributed by atoms with E-state index in [0.717, 1.165) is 35.2 Å². The van der Waals surface area contributed by atoms with Gasteiger partial charge in [0.05, 0.1) is 6.10 Å². The molecular weight excluding hydrogens is 300 g/mol. The molecule has 5 heteroatoms. The van der Waals surface area contributed by atoms with Crippen molar-refractivity contribution in [3.05, 3.63) is 28.2 Å². The first-order chi connectivity index (χ1) is 8.13. The van der Waals surface area contributed by atoms with E-state index >= 15 is 0 Å². The fourth-order valence-corrected chi connectivity index (χ4v) is 3.07. The van der Waals surface area contributed by atoms with E-state index in [4.69, 9.17) is 22.7 Å². The summed E-state index contributed by atoms with van der Waals surface area (Å²) in [6, 6.07) is 6.01. The summed E-state index contributed by atoms with van der Waals surface area (Å²) < 4.78 is 6.32. The minimum Gasteiger partial charge on any atom is -0.389 e. The van der Waals surface area contributed by atoms with Gasteiger partial charge < -0.3 is 15.4 Å². The molecule has 0 radical (unpaired) electrons. The Morgan fingerprint density at radius 2 is 2.35 bits per heavy atom. The number of nitrogens with zero attached hydrogens (tertiary/aromatic N) is 1. The number of nitrogens with two attached hydrogens (primary N) is 1. The first-order valence-electron chi connectivity index (χ1n) is 5.49. The van der Waals surface area contributed by atoms with Crippen molar-refractivity contribution >= 4 is 38.8 Å². The summed E-state index contributed by atoms with van der Waals surface area (Å²) in [4.78, 5) is 2.70. The molecule has 0 saturated carbocycles. The van der Waals surface area contributed by atoms with E-state index in [0.29, 0.717) is 11.1 Å². The molecule has 1 saturated heterocycles. The summed E-state index contributed by atoms with van der Waals surface area (Å²) in [5, 5.41) is 0. The van der Waals surface area contributed by atoms with Crippen LogP contribution in [-0.2, 0) is 4.74 Å². The predicted molar refractivity (Wildman–Crippen MR) is 77.7 cm³/mol. The fourth-order valence-electron chi connectivity index (χ4n) is 2.16. The van der Waals surface area contributed by atoms with Gasteiger partial charge in [0.25, 0.3) is 0 Å². The number of rotatable bonds is 3. The number of hydrogen-bond donors (Lipinski definition) is 1. The molecule has 1 aliphatic rings. The Bertz CT molecular complexity index is 439. The van der Waals surface area contributed by atoms with E-state index in [1.165, 1.54) is 0 Å². The van der Waals surface area contributed by atoms with Gasteiger partial charge in [-0.2, -0.15) is 0 Å². The molecule has 92 valence electrons. The number of methoxy groups -OCH3 is 1. The van der Waals surface area contributed by atoms with Gasteiger partial charge in [0, 0.05) is 35.9 Å². The van der Waals surface area contributed by atoms with Crippen LogP contribution in [0, 0.1) is 0 Å². The quantitative estimate of drug-likeness (QED) is 0.869. The average molecular weight is 315 g/mol. The molecule has 1 aromatic carbocycles. The highest BCUT2D eigenvalue weighted by Gasteiger charge is 2.25. The predicted octanol–water partition coefficient (Wildman–Crippen LogP) is 2.31. The zero-order valence-corrected chi connectivity index (χ0v) is 12.1. The lowest BCUT2D eigenvalue weighted by Crippen LogP contribution is -2.25. The number of hydrogen-bond acceptors (Lipinski definition) is 3. The SMILES string of the molecule is COC1CCN(c2cccc(Br)c2C(N)=S)C1. The molecule has 17 heavy (non-hydrogen) atoms. The van der Waals surface area contributed by atoms with Crippen LogP contribution in [0.15, 0.2) is 22.7 Å². The Morgan fingerprint density at radius 1 is 1.59 bits per heavy atom. The summed E-state index contributed by atoms with van der Waals surface area (Å²) in [7, 11) is 1.75. The Morgan fingerprint density at radius 3 is 2.94 bits per heavy atom. The summed E-state index contributed by atoms with van der Waals surface area (Å²) in [6.07, 6.45) is 1.34. The first-order valence-corrected chi connectivity index (χ1v) is 6.69. The van der Waals surface area contributed by atoms with Gasteiger partial charge in [0.1, 0.15) is 4.99 Å². The number of ether oxygens (including phenoxy) is 1. The molecule has 2 N–H and O–H groups in total. The van der Waals surface area contributed by atoms with Crippen LogP contribution in [0.4, 0.5) is 5.69 Å². The van der Waals surface area contributed by atoms with Gasteiger partial charge in [-0.25, -0.2) is 0 Å². The van der Waals surface area contributed by atoms with Crippen molar-refractivity contribution in [1.82, 2.24) is 0 Å². The van der Waals surface area contributed by atoms with Crippen LogP contribution in [0.3, 0.4) is 0 Å². The van der Waals surface area contributed by atoms with Crippen LogP contribution in [0.2, 0.25) is 0 Å². The minimum atomic E-state index is 0.299. The Hall–Kier alpha value is -0.650. The molecule has 1 aromatic rings. The van der Waals surface area contributed by atoms with Gasteiger partial charge in [0.2, 0.25) is 0 Å². The maximum Gasteiger partial charge on any atom is 0.107 e. The number of anilines is 1. The van der Waals surface area contributed by atoms with Crippen molar-refractivity contribution in [3.63, 3.8) is 0 Å². The molecule has 0 spiro atoms. The molecule has 1 aliphatic heterocycles. The smallest absolute Gasteiger partial charge is 0.107 e. The van der Waals surface area contributed by atoms with E-state index < -0.39 is 0 Å². The summed E-state index contributed by atoms with van der Waals surface area (Å²) in [5.41, 5.74) is 7.80. The summed E-state index contributed by atoms with van der Waals surface area (Å²) >= 11 is 8.62. The third-order valence-corrected chi connectivity index (χ3v) is 3.92. The molecule has 0 amide bonds. The van der Waals surface area contributed by atoms with Crippen molar-refractivity contribution < 1.29 is 4.74 Å². The van der Waals surface area contributed by atoms with E-state index in [1.54, 1.807) is 7.11 Å². The maximum atomic E-state index is 5.79. The van der Waals surface area contributed by atoms with Gasteiger partial charge in [-0.15, -0.1) is 0 Å². The highest BCUT2D eigenvalue weighted by atomic mass is 79.9. The molecule has 0 aromatic heterocycles. The van der Waals surface area contributed by atoms with E-state index in [-0.39, 0.29) is 0 Å². The van der Waals surface area contributed by atoms with Crippen LogP contribution in [0.25, 0.3) is 0 Å². The van der Waals surface area contributed by atoms with E-state index in [9.17, 15) is 0 Å². The summed E-state index contributed by atoms with van der Waals surface area (Å²) in [6.45, 7) is 1.87. The van der Waals surface area contributed by atoms with Crippen LogP contribution in [0.1, 0.15) is 12.0 Å². The minimum absolute atomic E-state index is 0.299. The Kier molecular flexibility index (Phi) is 4.01. The third-order valence-electron chi connectivity index (χ3n) is 3.06. The maximum absolute atomic E-state index is 5.79. The van der Waals surface area contributed by atoms with Gasteiger partial charge in [-0.05, 0) is 34.5 Å². The molecule has 1 atom stereocenters. The van der Waals surface area contributed by atoms with E-state index in [2.05, 4.69) is 26.9 Å². The summed E-state index contributed by atoms with van der Waals surface area (Å²) in [5.74, 6) is 0. The highest BCUT2D eigenvalue weighted by Crippen LogP contribution is 2.30. The molecule has 0 bridgehead atoms. The lowest BCUT2D eigenvalue weighted by atomic mass is 10.1. The average Bonchev–Trinajstić information content (AvgIpc) is 2.76. The second-order valence-electron chi connectivity index (χ2n) is 4.09. The highest BCUT2D eigenvalue weighted by molar-refractivity contribution is 9.10. The van der Waals surface area contributed by atoms with Gasteiger partial charge in [-0.3, -0.25) is 0 Å². The molecule has 1 unspecified atom stereocenters. The first kappa shape index (κ1) is 12.8. The topological polar surface area (TPSA) is 38.5 Å². The Balaban J connectivity index is 2.33. The van der Waals surface area contributed by atoms with Gasteiger partial charge in [0.15, 0.2) is 0 Å². The zero-order valence-electron chi connectivity index (χ0n) is 9.65. The fraction of sp³-hybridized carbons (Fsp3) is 0.417. The van der Waals surface area contributed by atoms with Crippen molar-refractivity contribution in [3.8, 4) is 0 Å². The molecule has 1 fully saturated rings. The standard InChI is InChI=1S/C12H15BrN2OS/c1-16-8-5-6-15(7-8)10-4-2-3-9(13)11(10)12(14)17/h2-4,8H,5-7H2,1H3,(H2,14,17). The largest absolute Gasteiger partial charge is 0.389 e. The van der Waals surface area contributed by atoms with Crippen LogP contribution < -0.4 is 10.6 Å². The van der Waals surface area contributed by atoms with Crippen LogP contribution in [0.5, 0.6) is 0 Å². The molecule has 0 aliphatic carbocycles. The number of thiocarbonyl (C=S) groups is 1. The van der Waals surface area contributed by atoms with E-state index in [1.807, 2.05) is 12.1 Å². The van der Waals surface area contributed by atoms with Crippen LogP contribution in [-0.4, -0.2) is 31.3 Å². The lowest BCUT2D eigenvalue weighted by molar-refractivity contribution is 0.121. The monoisotopic (exact) mass is 314 g/mol. The van der Waals surface area contributed by atoms with Crippen LogP contribution >= 0.6 is 28.1 Å². The molecule has 3 nitrogen and oxygen atoms in total. The van der Waals surface area contributed by atoms with Crippen molar-refractivity contribution in [2.75, 3.05) is 25.1 Å². The molecule has 1 heterocycles. The van der Waals surface area contributed by atoms with Gasteiger partial charge >= 0.3 is 0 Å². The molecular formula is C12H15BrN2OS. The molecule has 2 rings (SSSR count). The number of halogens is 1. The lowest BCUT2D eigenvalue weighted by Gasteiger charge is -2.22. The zero-order chi connectivity index (χ0) is 12.4. The third kappa shape index (κ3) is 2.61.